The van der Waals surface area contributed by atoms with E-state index in [-0.39, 0.29) is 11.9 Å². The number of aryl methyl sites for hydroxylation is 2. The highest BCUT2D eigenvalue weighted by molar-refractivity contribution is 6.30. The van der Waals surface area contributed by atoms with Gasteiger partial charge in [-0.15, -0.1) is 0 Å². The maximum Gasteiger partial charge on any atom is 0.220 e. The first-order valence-electron chi connectivity index (χ1n) is 10.8. The number of hydrogen-bond donors (Lipinski definition) is 1. The van der Waals surface area contributed by atoms with Crippen LogP contribution in [0.2, 0.25) is 5.02 Å². The Morgan fingerprint density at radius 2 is 1.87 bits per heavy atom. The second-order valence-electron chi connectivity index (χ2n) is 8.05. The number of amides is 1. The summed E-state index contributed by atoms with van der Waals surface area (Å²) in [5.74, 6) is 0.0784. The lowest BCUT2D eigenvalue weighted by Crippen LogP contribution is -2.31. The van der Waals surface area contributed by atoms with E-state index < -0.39 is 0 Å². The fourth-order valence-corrected chi connectivity index (χ4v) is 4.65. The number of rotatable bonds is 5. The lowest BCUT2D eigenvalue weighted by molar-refractivity contribution is -0.121. The van der Waals surface area contributed by atoms with Crippen LogP contribution >= 0.6 is 11.6 Å². The SMILES string of the molecule is O=C(CCc1c(-c2ccc(Cl)cc2)nc2ccccn12)N[C@@H]1CCCc2ccccc21. The second kappa shape index (κ2) is 8.56. The summed E-state index contributed by atoms with van der Waals surface area (Å²) in [6.07, 6.45) is 6.23. The van der Waals surface area contributed by atoms with Gasteiger partial charge < -0.3 is 9.72 Å². The number of imidazole rings is 1. The van der Waals surface area contributed by atoms with Crippen molar-refractivity contribution in [3.63, 3.8) is 0 Å². The number of benzene rings is 2. The fraction of sp³-hybridized carbons (Fsp3) is 0.231. The first kappa shape index (κ1) is 19.8. The number of hydrogen-bond acceptors (Lipinski definition) is 2. The van der Waals surface area contributed by atoms with Crippen molar-refractivity contribution >= 4 is 23.2 Å². The molecule has 1 atom stereocenters. The standard InChI is InChI=1S/C26H24ClN3O/c27-20-13-11-19(12-14-20)26-23(30-17-4-3-10-24(30)29-26)15-16-25(31)28-22-9-5-7-18-6-1-2-8-21(18)22/h1-4,6,8,10-14,17,22H,5,7,9,15-16H2,(H,28,31)/t22-/m1/s1. The van der Waals surface area contributed by atoms with Crippen molar-refractivity contribution in [2.45, 2.75) is 38.1 Å². The highest BCUT2D eigenvalue weighted by Crippen LogP contribution is 2.30. The van der Waals surface area contributed by atoms with Gasteiger partial charge in [0.05, 0.1) is 17.4 Å². The third-order valence-electron chi connectivity index (χ3n) is 6.04. The van der Waals surface area contributed by atoms with Gasteiger partial charge in [-0.2, -0.15) is 0 Å². The van der Waals surface area contributed by atoms with Crippen LogP contribution in [-0.4, -0.2) is 15.3 Å². The van der Waals surface area contributed by atoms with Crippen LogP contribution in [0.1, 0.15) is 42.1 Å². The van der Waals surface area contributed by atoms with Crippen molar-refractivity contribution in [1.82, 2.24) is 14.7 Å². The summed E-state index contributed by atoms with van der Waals surface area (Å²) in [5, 5.41) is 3.96. The van der Waals surface area contributed by atoms with E-state index in [2.05, 4.69) is 34.0 Å². The fourth-order valence-electron chi connectivity index (χ4n) is 4.53. The number of aromatic nitrogens is 2. The Bertz CT molecular complexity index is 1230. The molecule has 0 fully saturated rings. The second-order valence-corrected chi connectivity index (χ2v) is 8.49. The van der Waals surface area contributed by atoms with Gasteiger partial charge in [0, 0.05) is 23.2 Å². The van der Waals surface area contributed by atoms with E-state index >= 15 is 0 Å². The molecule has 0 radical (unpaired) electrons. The summed E-state index contributed by atoms with van der Waals surface area (Å²) in [6.45, 7) is 0. The molecule has 0 bridgehead atoms. The zero-order valence-electron chi connectivity index (χ0n) is 17.2. The van der Waals surface area contributed by atoms with E-state index in [0.717, 1.165) is 41.9 Å². The Kier molecular flexibility index (Phi) is 5.47. The zero-order chi connectivity index (χ0) is 21.2. The third-order valence-corrected chi connectivity index (χ3v) is 6.29. The van der Waals surface area contributed by atoms with Gasteiger partial charge in [-0.25, -0.2) is 4.98 Å². The van der Waals surface area contributed by atoms with Crippen LogP contribution in [-0.2, 0) is 17.6 Å². The van der Waals surface area contributed by atoms with Gasteiger partial charge in [0.1, 0.15) is 5.65 Å². The largest absolute Gasteiger partial charge is 0.349 e. The van der Waals surface area contributed by atoms with Gasteiger partial charge >= 0.3 is 0 Å². The molecule has 4 nitrogen and oxygen atoms in total. The average Bonchev–Trinajstić information content (AvgIpc) is 3.17. The Balaban J connectivity index is 1.37. The van der Waals surface area contributed by atoms with Crippen molar-refractivity contribution in [3.8, 4) is 11.3 Å². The van der Waals surface area contributed by atoms with Crippen LogP contribution in [0.3, 0.4) is 0 Å². The van der Waals surface area contributed by atoms with E-state index in [0.29, 0.717) is 17.9 Å². The number of fused-ring (bicyclic) bond motifs is 2. The van der Waals surface area contributed by atoms with Gasteiger partial charge in [0.15, 0.2) is 0 Å². The third kappa shape index (κ3) is 4.08. The Labute approximate surface area is 186 Å². The number of nitrogens with one attached hydrogen (secondary N) is 1. The average molecular weight is 430 g/mol. The number of halogens is 1. The van der Waals surface area contributed by atoms with E-state index in [4.69, 9.17) is 16.6 Å². The van der Waals surface area contributed by atoms with Crippen LogP contribution in [0.15, 0.2) is 72.9 Å². The number of carbonyl (C=O) groups excluding carboxylic acids is 1. The number of nitrogens with zero attached hydrogens (tertiary/aromatic N) is 2. The molecule has 5 rings (SSSR count). The van der Waals surface area contributed by atoms with E-state index in [1.54, 1.807) is 0 Å². The van der Waals surface area contributed by atoms with E-state index in [1.807, 2.05) is 48.7 Å². The molecule has 1 N–H and O–H groups in total. The highest BCUT2D eigenvalue weighted by Gasteiger charge is 2.22. The van der Waals surface area contributed by atoms with Gasteiger partial charge in [-0.1, -0.05) is 54.1 Å². The molecular formula is C26H24ClN3O. The van der Waals surface area contributed by atoms with Crippen LogP contribution in [0.4, 0.5) is 0 Å². The normalized spacial score (nSPS) is 15.6. The first-order valence-corrected chi connectivity index (χ1v) is 11.2. The lowest BCUT2D eigenvalue weighted by Gasteiger charge is -2.26. The van der Waals surface area contributed by atoms with E-state index in [1.165, 1.54) is 11.1 Å². The van der Waals surface area contributed by atoms with Crippen LogP contribution in [0.5, 0.6) is 0 Å². The van der Waals surface area contributed by atoms with Crippen molar-refractivity contribution in [2.75, 3.05) is 0 Å². The van der Waals surface area contributed by atoms with Crippen molar-refractivity contribution in [3.05, 3.63) is 94.8 Å². The number of carbonyl (C=O) groups is 1. The summed E-state index contributed by atoms with van der Waals surface area (Å²) >= 11 is 6.07. The summed E-state index contributed by atoms with van der Waals surface area (Å²) in [7, 11) is 0. The van der Waals surface area contributed by atoms with Gasteiger partial charge in [0.2, 0.25) is 5.91 Å². The molecule has 0 saturated heterocycles. The molecule has 0 unspecified atom stereocenters. The van der Waals surface area contributed by atoms with Crippen LogP contribution in [0, 0.1) is 0 Å². The minimum Gasteiger partial charge on any atom is -0.349 e. The molecule has 1 aliphatic rings. The molecular weight excluding hydrogens is 406 g/mol. The molecule has 0 saturated carbocycles. The van der Waals surface area contributed by atoms with Gasteiger partial charge in [0.25, 0.3) is 0 Å². The predicted octanol–water partition coefficient (Wildman–Crippen LogP) is 5.78. The predicted molar refractivity (Wildman–Crippen MR) is 124 cm³/mol. The molecule has 0 aliphatic heterocycles. The Morgan fingerprint density at radius 1 is 1.06 bits per heavy atom. The van der Waals surface area contributed by atoms with Crippen molar-refractivity contribution in [1.29, 1.82) is 0 Å². The Hall–Kier alpha value is -3.11. The molecule has 4 aromatic rings. The van der Waals surface area contributed by atoms with Crippen LogP contribution in [0.25, 0.3) is 16.9 Å². The van der Waals surface area contributed by atoms with Crippen LogP contribution < -0.4 is 5.32 Å². The zero-order valence-corrected chi connectivity index (χ0v) is 18.0. The smallest absolute Gasteiger partial charge is 0.220 e. The maximum absolute atomic E-state index is 12.9. The van der Waals surface area contributed by atoms with Gasteiger partial charge in [-0.05, 0) is 61.1 Å². The molecule has 1 aliphatic carbocycles. The summed E-state index contributed by atoms with van der Waals surface area (Å²) < 4.78 is 2.08. The minimum atomic E-state index is 0.0784. The molecule has 1 amide bonds. The first-order chi connectivity index (χ1) is 15.2. The number of pyridine rings is 1. The molecule has 156 valence electrons. The Morgan fingerprint density at radius 3 is 2.74 bits per heavy atom. The quantitative estimate of drug-likeness (QED) is 0.437. The summed E-state index contributed by atoms with van der Waals surface area (Å²) in [5.41, 5.74) is 6.44. The highest BCUT2D eigenvalue weighted by atomic mass is 35.5. The topological polar surface area (TPSA) is 46.4 Å². The summed E-state index contributed by atoms with van der Waals surface area (Å²) in [4.78, 5) is 17.7. The lowest BCUT2D eigenvalue weighted by atomic mass is 9.87. The monoisotopic (exact) mass is 429 g/mol. The maximum atomic E-state index is 12.9. The minimum absolute atomic E-state index is 0.0784. The molecule has 5 heteroatoms. The molecule has 2 heterocycles. The van der Waals surface area contributed by atoms with Crippen molar-refractivity contribution < 1.29 is 4.79 Å². The summed E-state index contributed by atoms with van der Waals surface area (Å²) in [6, 6.07) is 22.2. The van der Waals surface area contributed by atoms with Crippen molar-refractivity contribution in [2.24, 2.45) is 0 Å². The molecule has 0 spiro atoms. The van der Waals surface area contributed by atoms with Gasteiger partial charge in [-0.3, -0.25) is 4.79 Å². The molecule has 31 heavy (non-hydrogen) atoms. The molecule has 2 aromatic carbocycles. The van der Waals surface area contributed by atoms with E-state index in [9.17, 15) is 4.79 Å². The molecule has 2 aromatic heterocycles.